The van der Waals surface area contributed by atoms with Crippen LogP contribution in [0, 0.1) is 5.41 Å². The molecule has 68 valence electrons. The van der Waals surface area contributed by atoms with E-state index in [-0.39, 0.29) is 56.8 Å². The maximum absolute atomic E-state index is 12.1. The molecule has 0 atom stereocenters. The van der Waals surface area contributed by atoms with Crippen molar-refractivity contribution in [2.75, 3.05) is 0 Å². The Hall–Kier alpha value is 0.971. The molecule has 13 heavy (non-hydrogen) atoms. The standard InChI is InChI=1S/C8H11BF3.K/c1-8(2)5-3-7(4-6-8)9(10,11)12;/h3-5H,6H2,1-2H3;/q-1;+1. The molecule has 0 unspecified atom stereocenters. The first kappa shape index (κ1) is 14.0. The predicted molar refractivity (Wildman–Crippen MR) is 44.7 cm³/mol. The van der Waals surface area contributed by atoms with Crippen molar-refractivity contribution in [1.82, 2.24) is 0 Å². The summed E-state index contributed by atoms with van der Waals surface area (Å²) in [6, 6.07) is 0. The molecule has 0 aliphatic heterocycles. The molecule has 0 nitrogen and oxygen atoms in total. The van der Waals surface area contributed by atoms with Gasteiger partial charge in [-0.3, -0.25) is 0 Å². The first-order valence-corrected chi connectivity index (χ1v) is 3.90. The zero-order chi connectivity index (χ0) is 9.41. The van der Waals surface area contributed by atoms with Gasteiger partial charge in [0.1, 0.15) is 0 Å². The molecule has 0 aromatic rings. The van der Waals surface area contributed by atoms with Crippen molar-refractivity contribution in [3.05, 3.63) is 23.7 Å². The van der Waals surface area contributed by atoms with Crippen LogP contribution in [0.3, 0.4) is 0 Å². The molecule has 0 aromatic carbocycles. The van der Waals surface area contributed by atoms with E-state index >= 15 is 0 Å². The summed E-state index contributed by atoms with van der Waals surface area (Å²) < 4.78 is 36.4. The van der Waals surface area contributed by atoms with Crippen LogP contribution in [-0.2, 0) is 0 Å². The van der Waals surface area contributed by atoms with Gasteiger partial charge < -0.3 is 12.9 Å². The fraction of sp³-hybridized carbons (Fsp3) is 0.500. The molecule has 0 spiro atoms. The monoisotopic (exact) mass is 214 g/mol. The molecule has 1 rings (SSSR count). The molecule has 0 bridgehead atoms. The molecule has 0 amide bonds. The van der Waals surface area contributed by atoms with Crippen LogP contribution >= 0.6 is 0 Å². The van der Waals surface area contributed by atoms with Crippen molar-refractivity contribution in [2.24, 2.45) is 5.41 Å². The van der Waals surface area contributed by atoms with Gasteiger partial charge in [-0.2, -0.15) is 0 Å². The van der Waals surface area contributed by atoms with Crippen LogP contribution in [0.2, 0.25) is 0 Å². The quantitative estimate of drug-likeness (QED) is 0.550. The average molecular weight is 214 g/mol. The summed E-state index contributed by atoms with van der Waals surface area (Å²) in [5, 5.41) is 0. The summed E-state index contributed by atoms with van der Waals surface area (Å²) in [5.41, 5.74) is -0.584. The van der Waals surface area contributed by atoms with Gasteiger partial charge in [0.2, 0.25) is 0 Å². The largest absolute Gasteiger partial charge is 1.00 e. The third kappa shape index (κ3) is 4.34. The van der Waals surface area contributed by atoms with Crippen LogP contribution in [-0.4, -0.2) is 6.98 Å². The number of halogens is 3. The minimum absolute atomic E-state index is 0. The van der Waals surface area contributed by atoms with Crippen LogP contribution in [0.25, 0.3) is 0 Å². The summed E-state index contributed by atoms with van der Waals surface area (Å²) in [5.74, 6) is 0. The molecule has 0 saturated carbocycles. The zero-order valence-corrected chi connectivity index (χ0v) is 11.3. The summed E-state index contributed by atoms with van der Waals surface area (Å²) in [6.45, 7) is -0.965. The second-order valence-electron chi connectivity index (χ2n) is 3.80. The van der Waals surface area contributed by atoms with Crippen molar-refractivity contribution in [1.29, 1.82) is 0 Å². The molecular weight excluding hydrogens is 203 g/mol. The van der Waals surface area contributed by atoms with Gasteiger partial charge in [-0.1, -0.05) is 26.0 Å². The Morgan fingerprint density at radius 3 is 2.15 bits per heavy atom. The van der Waals surface area contributed by atoms with Gasteiger partial charge in [-0.15, -0.1) is 11.5 Å². The van der Waals surface area contributed by atoms with Gasteiger partial charge in [0.15, 0.2) is 0 Å². The van der Waals surface area contributed by atoms with Crippen LogP contribution in [0.1, 0.15) is 20.3 Å². The van der Waals surface area contributed by atoms with Crippen molar-refractivity contribution < 1.29 is 64.3 Å². The van der Waals surface area contributed by atoms with E-state index in [0.29, 0.717) is 6.42 Å². The third-order valence-corrected chi connectivity index (χ3v) is 1.97. The second-order valence-corrected chi connectivity index (χ2v) is 3.80. The van der Waals surface area contributed by atoms with Crippen molar-refractivity contribution in [2.45, 2.75) is 20.3 Å². The van der Waals surface area contributed by atoms with Gasteiger partial charge in [0.25, 0.3) is 0 Å². The van der Waals surface area contributed by atoms with Gasteiger partial charge in [0.05, 0.1) is 0 Å². The van der Waals surface area contributed by atoms with Gasteiger partial charge in [-0.25, -0.2) is 0 Å². The van der Waals surface area contributed by atoms with Gasteiger partial charge >= 0.3 is 58.4 Å². The zero-order valence-electron chi connectivity index (χ0n) is 8.15. The topological polar surface area (TPSA) is 0 Å². The first-order valence-electron chi connectivity index (χ1n) is 3.90. The number of hydrogen-bond donors (Lipinski definition) is 0. The molecule has 0 radical (unpaired) electrons. The Kier molecular flexibility index (Phi) is 5.01. The molecule has 0 saturated heterocycles. The van der Waals surface area contributed by atoms with E-state index < -0.39 is 12.4 Å². The second kappa shape index (κ2) is 4.66. The van der Waals surface area contributed by atoms with Gasteiger partial charge in [0, 0.05) is 0 Å². The SMILES string of the molecule is CC1(C)C=CC([B-](F)(F)F)=CC1.[K+]. The van der Waals surface area contributed by atoms with E-state index in [4.69, 9.17) is 0 Å². The van der Waals surface area contributed by atoms with Crippen molar-refractivity contribution in [3.8, 4) is 0 Å². The summed E-state index contributed by atoms with van der Waals surface area (Å²) >= 11 is 0. The average Bonchev–Trinajstić information content (AvgIpc) is 1.83. The third-order valence-electron chi connectivity index (χ3n) is 1.97. The Bertz CT molecular complexity index is 240. The van der Waals surface area contributed by atoms with Gasteiger partial charge in [-0.05, 0) is 11.8 Å². The normalized spacial score (nSPS) is 20.5. The maximum Gasteiger partial charge on any atom is 1.00 e. The molecule has 0 aromatic heterocycles. The van der Waals surface area contributed by atoms with E-state index in [1.165, 1.54) is 12.2 Å². The van der Waals surface area contributed by atoms with Crippen LogP contribution in [0.15, 0.2) is 23.7 Å². The molecular formula is C8H11BF3K. The predicted octanol–water partition coefficient (Wildman–Crippen LogP) is 0.290. The Balaban J connectivity index is 0.00000144. The number of allylic oxidation sites excluding steroid dienone is 4. The minimum Gasteiger partial charge on any atom is -0.445 e. The molecule has 0 heterocycles. The van der Waals surface area contributed by atoms with E-state index in [1.807, 2.05) is 13.8 Å². The summed E-state index contributed by atoms with van der Waals surface area (Å²) in [4.78, 5) is 0. The van der Waals surface area contributed by atoms with Crippen molar-refractivity contribution >= 4 is 6.98 Å². The van der Waals surface area contributed by atoms with Crippen LogP contribution < -0.4 is 51.4 Å². The fourth-order valence-corrected chi connectivity index (χ4v) is 1.08. The van der Waals surface area contributed by atoms with Crippen molar-refractivity contribution in [3.63, 3.8) is 0 Å². The smallest absolute Gasteiger partial charge is 0.445 e. The van der Waals surface area contributed by atoms with Crippen LogP contribution in [0.5, 0.6) is 0 Å². The summed E-state index contributed by atoms with van der Waals surface area (Å²) in [7, 11) is 0. The van der Waals surface area contributed by atoms with Crippen LogP contribution in [0.4, 0.5) is 12.9 Å². The van der Waals surface area contributed by atoms with E-state index in [0.717, 1.165) is 0 Å². The Morgan fingerprint density at radius 2 is 1.85 bits per heavy atom. The summed E-state index contributed by atoms with van der Waals surface area (Å²) in [6.07, 6.45) is 4.56. The fourth-order valence-electron chi connectivity index (χ4n) is 1.08. The molecule has 0 N–H and O–H groups in total. The molecule has 0 fully saturated rings. The van der Waals surface area contributed by atoms with E-state index in [9.17, 15) is 12.9 Å². The Labute approximate surface area is 119 Å². The van der Waals surface area contributed by atoms with E-state index in [1.54, 1.807) is 6.08 Å². The van der Waals surface area contributed by atoms with E-state index in [2.05, 4.69) is 0 Å². The Morgan fingerprint density at radius 1 is 1.31 bits per heavy atom. The molecule has 1 aliphatic rings. The first-order chi connectivity index (χ1) is 5.31. The minimum atomic E-state index is -4.80. The number of hydrogen-bond acceptors (Lipinski definition) is 0. The number of rotatable bonds is 1. The maximum atomic E-state index is 12.1. The molecule has 5 heteroatoms. The molecule has 1 aliphatic carbocycles.